The molecule has 0 bridgehead atoms. The molecule has 1 aliphatic rings. The minimum atomic E-state index is 0.358. The first kappa shape index (κ1) is 14.0. The summed E-state index contributed by atoms with van der Waals surface area (Å²) in [4.78, 5) is 3.49. The summed E-state index contributed by atoms with van der Waals surface area (Å²) in [5.74, 6) is 1.98. The Morgan fingerprint density at radius 2 is 1.70 bits per heavy atom. The highest BCUT2D eigenvalue weighted by Gasteiger charge is 2.20. The minimum absolute atomic E-state index is 0.358. The zero-order valence-corrected chi connectivity index (χ0v) is 13.5. The van der Waals surface area contributed by atoms with Gasteiger partial charge in [0, 0.05) is 11.1 Å². The van der Waals surface area contributed by atoms with Gasteiger partial charge in [-0.15, -0.1) is 0 Å². The molecule has 0 radical (unpaired) electrons. The third-order valence-corrected chi connectivity index (χ3v) is 4.50. The van der Waals surface area contributed by atoms with Gasteiger partial charge in [0.2, 0.25) is 0 Å². The molecule has 4 nitrogen and oxygen atoms in total. The van der Waals surface area contributed by atoms with E-state index in [1.54, 1.807) is 0 Å². The van der Waals surface area contributed by atoms with E-state index in [1.165, 1.54) is 0 Å². The summed E-state index contributed by atoms with van der Waals surface area (Å²) in [6.45, 7) is 7.09. The Morgan fingerprint density at radius 3 is 2.43 bits per heavy atom. The van der Waals surface area contributed by atoms with Crippen LogP contribution >= 0.6 is 0 Å². The summed E-state index contributed by atoms with van der Waals surface area (Å²) in [5.41, 5.74) is 6.03. The molecule has 23 heavy (non-hydrogen) atoms. The number of ether oxygens (including phenoxy) is 2. The SMILES string of the molecule is Cc1cc(-c2[nH]c3ccc4c(c3c2C)OCCO4)cc(C)c1O. The van der Waals surface area contributed by atoms with E-state index in [0.29, 0.717) is 19.0 Å². The van der Waals surface area contributed by atoms with Gasteiger partial charge < -0.3 is 19.6 Å². The first-order valence-corrected chi connectivity index (χ1v) is 7.77. The number of nitrogens with one attached hydrogen (secondary N) is 1. The van der Waals surface area contributed by atoms with Gasteiger partial charge in [-0.3, -0.25) is 0 Å². The maximum Gasteiger partial charge on any atom is 0.170 e. The number of rotatable bonds is 1. The van der Waals surface area contributed by atoms with Gasteiger partial charge in [0.15, 0.2) is 11.5 Å². The molecular formula is C19H19NO3. The molecule has 0 unspecified atom stereocenters. The van der Waals surface area contributed by atoms with Gasteiger partial charge in [-0.2, -0.15) is 0 Å². The van der Waals surface area contributed by atoms with Crippen molar-refractivity contribution in [1.82, 2.24) is 4.98 Å². The van der Waals surface area contributed by atoms with Crippen LogP contribution in [0, 0.1) is 20.8 Å². The summed E-state index contributed by atoms with van der Waals surface area (Å²) in [6.07, 6.45) is 0. The van der Waals surface area contributed by atoms with Crippen LogP contribution in [0.5, 0.6) is 17.2 Å². The summed E-state index contributed by atoms with van der Waals surface area (Å²) in [6, 6.07) is 7.98. The predicted octanol–water partition coefficient (Wildman–Crippen LogP) is 4.24. The Hall–Kier alpha value is -2.62. The lowest BCUT2D eigenvalue weighted by Crippen LogP contribution is -2.15. The Morgan fingerprint density at radius 1 is 1.00 bits per heavy atom. The fourth-order valence-electron chi connectivity index (χ4n) is 3.33. The Labute approximate surface area is 134 Å². The van der Waals surface area contributed by atoms with Crippen molar-refractivity contribution >= 4 is 10.9 Å². The van der Waals surface area contributed by atoms with Gasteiger partial charge in [-0.05, 0) is 67.3 Å². The van der Waals surface area contributed by atoms with Gasteiger partial charge >= 0.3 is 0 Å². The van der Waals surface area contributed by atoms with E-state index in [4.69, 9.17) is 9.47 Å². The molecule has 0 aliphatic carbocycles. The lowest BCUT2D eigenvalue weighted by Gasteiger charge is -2.19. The highest BCUT2D eigenvalue weighted by Crippen LogP contribution is 2.42. The van der Waals surface area contributed by atoms with Crippen LogP contribution in [0.1, 0.15) is 16.7 Å². The van der Waals surface area contributed by atoms with Crippen LogP contribution in [0.4, 0.5) is 0 Å². The molecule has 4 heteroatoms. The monoisotopic (exact) mass is 309 g/mol. The fourth-order valence-corrected chi connectivity index (χ4v) is 3.33. The second kappa shape index (κ2) is 4.95. The number of hydrogen-bond acceptors (Lipinski definition) is 3. The molecular weight excluding hydrogens is 290 g/mol. The van der Waals surface area contributed by atoms with Gasteiger partial charge in [-0.1, -0.05) is 0 Å². The average Bonchev–Trinajstić information content (AvgIpc) is 2.89. The topological polar surface area (TPSA) is 54.5 Å². The maximum absolute atomic E-state index is 10.00. The zero-order valence-electron chi connectivity index (χ0n) is 13.5. The van der Waals surface area contributed by atoms with Crippen molar-refractivity contribution in [2.45, 2.75) is 20.8 Å². The van der Waals surface area contributed by atoms with E-state index in [1.807, 2.05) is 38.1 Å². The number of aryl methyl sites for hydroxylation is 3. The van der Waals surface area contributed by atoms with Crippen molar-refractivity contribution in [3.8, 4) is 28.5 Å². The number of hydrogen-bond donors (Lipinski definition) is 2. The second-order valence-electron chi connectivity index (χ2n) is 6.10. The summed E-state index contributed by atoms with van der Waals surface area (Å²) < 4.78 is 11.5. The molecule has 0 atom stereocenters. The van der Waals surface area contributed by atoms with Crippen LogP contribution in [0.2, 0.25) is 0 Å². The van der Waals surface area contributed by atoms with Crippen LogP contribution in [0.3, 0.4) is 0 Å². The van der Waals surface area contributed by atoms with E-state index in [-0.39, 0.29) is 0 Å². The number of aromatic nitrogens is 1. The molecule has 2 N–H and O–H groups in total. The van der Waals surface area contributed by atoms with Crippen molar-refractivity contribution in [1.29, 1.82) is 0 Å². The molecule has 0 saturated carbocycles. The number of aromatic hydroxyl groups is 1. The number of aromatic amines is 1. The van der Waals surface area contributed by atoms with Crippen LogP contribution in [-0.4, -0.2) is 23.3 Å². The standard InChI is InChI=1S/C19H19NO3/c1-10-8-13(9-11(2)18(10)21)17-12(3)16-14(20-17)4-5-15-19(16)23-7-6-22-15/h4-5,8-9,20-21H,6-7H2,1-3H3. The number of benzene rings is 2. The van der Waals surface area contributed by atoms with Gasteiger partial charge in [0.1, 0.15) is 19.0 Å². The lowest BCUT2D eigenvalue weighted by atomic mass is 10.0. The van der Waals surface area contributed by atoms with E-state index >= 15 is 0 Å². The van der Waals surface area contributed by atoms with E-state index in [0.717, 1.165) is 50.3 Å². The maximum atomic E-state index is 10.00. The van der Waals surface area contributed by atoms with Crippen molar-refractivity contribution < 1.29 is 14.6 Å². The van der Waals surface area contributed by atoms with Crippen LogP contribution in [0.25, 0.3) is 22.2 Å². The third kappa shape index (κ3) is 2.05. The largest absolute Gasteiger partial charge is 0.507 e. The van der Waals surface area contributed by atoms with E-state index < -0.39 is 0 Å². The number of phenols is 1. The molecule has 0 saturated heterocycles. The molecule has 0 amide bonds. The predicted molar refractivity (Wildman–Crippen MR) is 90.6 cm³/mol. The van der Waals surface area contributed by atoms with Gasteiger partial charge in [0.25, 0.3) is 0 Å². The Kier molecular flexibility index (Phi) is 3.01. The number of fused-ring (bicyclic) bond motifs is 3. The number of H-pyrrole nitrogens is 1. The molecule has 1 aliphatic heterocycles. The Bertz CT molecular complexity index is 901. The zero-order chi connectivity index (χ0) is 16.1. The lowest BCUT2D eigenvalue weighted by molar-refractivity contribution is 0.174. The quantitative estimate of drug-likeness (QED) is 0.707. The first-order valence-electron chi connectivity index (χ1n) is 7.77. The molecule has 4 rings (SSSR count). The van der Waals surface area contributed by atoms with Gasteiger partial charge in [-0.25, -0.2) is 0 Å². The molecule has 2 aromatic carbocycles. The molecule has 0 fully saturated rings. The van der Waals surface area contributed by atoms with Crippen molar-refractivity contribution in [3.05, 3.63) is 41.0 Å². The van der Waals surface area contributed by atoms with Crippen LogP contribution < -0.4 is 9.47 Å². The average molecular weight is 309 g/mol. The normalized spacial score (nSPS) is 13.5. The summed E-state index contributed by atoms with van der Waals surface area (Å²) in [5, 5.41) is 11.1. The molecule has 0 spiro atoms. The molecule has 2 heterocycles. The molecule has 1 aromatic heterocycles. The first-order chi connectivity index (χ1) is 11.1. The second-order valence-corrected chi connectivity index (χ2v) is 6.10. The highest BCUT2D eigenvalue weighted by atomic mass is 16.6. The van der Waals surface area contributed by atoms with E-state index in [2.05, 4.69) is 11.9 Å². The molecule has 118 valence electrons. The fraction of sp³-hybridized carbons (Fsp3) is 0.263. The minimum Gasteiger partial charge on any atom is -0.507 e. The van der Waals surface area contributed by atoms with Crippen LogP contribution in [-0.2, 0) is 0 Å². The summed E-state index contributed by atoms with van der Waals surface area (Å²) in [7, 11) is 0. The number of phenolic OH excluding ortho intramolecular Hbond substituents is 1. The van der Waals surface area contributed by atoms with Crippen molar-refractivity contribution in [3.63, 3.8) is 0 Å². The third-order valence-electron chi connectivity index (χ3n) is 4.50. The van der Waals surface area contributed by atoms with Gasteiger partial charge in [0.05, 0.1) is 5.52 Å². The Balaban J connectivity index is 1.97. The molecule has 3 aromatic rings. The van der Waals surface area contributed by atoms with Crippen LogP contribution in [0.15, 0.2) is 24.3 Å². The smallest absolute Gasteiger partial charge is 0.170 e. The van der Waals surface area contributed by atoms with Crippen molar-refractivity contribution in [2.75, 3.05) is 13.2 Å². The highest BCUT2D eigenvalue weighted by molar-refractivity contribution is 5.97. The summed E-state index contributed by atoms with van der Waals surface area (Å²) >= 11 is 0. The van der Waals surface area contributed by atoms with Crippen molar-refractivity contribution in [2.24, 2.45) is 0 Å². The van der Waals surface area contributed by atoms with E-state index in [9.17, 15) is 5.11 Å².